The van der Waals surface area contributed by atoms with Crippen molar-refractivity contribution in [3.05, 3.63) is 70.7 Å². The Hall–Kier alpha value is -3.44. The predicted molar refractivity (Wildman–Crippen MR) is 149 cm³/mol. The fourth-order valence-corrected chi connectivity index (χ4v) is 7.04. The summed E-state index contributed by atoms with van der Waals surface area (Å²) in [6.45, 7) is 5.48. The summed E-state index contributed by atoms with van der Waals surface area (Å²) in [6, 6.07) is 5.42. The van der Waals surface area contributed by atoms with Crippen LogP contribution in [0, 0.1) is 24.4 Å². The summed E-state index contributed by atoms with van der Waals surface area (Å²) in [5.74, 6) is -3.38. The van der Waals surface area contributed by atoms with E-state index in [2.05, 4.69) is 10.1 Å². The summed E-state index contributed by atoms with van der Waals surface area (Å²) in [7, 11) is -4.29. The van der Waals surface area contributed by atoms with Crippen LogP contribution >= 0.6 is 0 Å². The van der Waals surface area contributed by atoms with Gasteiger partial charge >= 0.3 is 0 Å². The third-order valence-corrected chi connectivity index (χ3v) is 9.32. The minimum atomic E-state index is -4.29. The van der Waals surface area contributed by atoms with E-state index in [0.29, 0.717) is 10.9 Å². The summed E-state index contributed by atoms with van der Waals surface area (Å²) in [4.78, 5) is 3.83. The molecule has 0 unspecified atom stereocenters. The van der Waals surface area contributed by atoms with Gasteiger partial charge in [-0.15, -0.1) is 0 Å². The van der Waals surface area contributed by atoms with Crippen LogP contribution in [-0.2, 0) is 15.6 Å². The second kappa shape index (κ2) is 10.5. The van der Waals surface area contributed by atoms with Gasteiger partial charge in [-0.2, -0.15) is 5.10 Å². The highest BCUT2D eigenvalue weighted by Gasteiger charge is 2.29. The van der Waals surface area contributed by atoms with E-state index in [1.165, 1.54) is 12.1 Å². The molecule has 0 spiro atoms. The molecule has 40 heavy (non-hydrogen) atoms. The number of nitrogen functional groups attached to an aromatic ring is 1. The van der Waals surface area contributed by atoms with Crippen molar-refractivity contribution in [1.29, 1.82) is 0 Å². The zero-order valence-corrected chi connectivity index (χ0v) is 23.4. The zero-order valence-electron chi connectivity index (χ0n) is 22.6. The largest absolute Gasteiger partial charge is 0.383 e. The number of nitrogens with zero attached hydrogens (tertiary/aromatic N) is 3. The summed E-state index contributed by atoms with van der Waals surface area (Å²) >= 11 is 0. The molecule has 4 N–H and O–H groups in total. The Labute approximate surface area is 231 Å². The molecule has 212 valence electrons. The summed E-state index contributed by atoms with van der Waals surface area (Å²) < 4.78 is 72.9. The molecule has 0 atom stereocenters. The average Bonchev–Trinajstić information content (AvgIpc) is 3.30. The molecule has 5 rings (SSSR count). The summed E-state index contributed by atoms with van der Waals surface area (Å²) in [5, 5.41) is 5.08. The maximum atomic E-state index is 15.6. The highest BCUT2D eigenvalue weighted by Crippen LogP contribution is 2.42. The van der Waals surface area contributed by atoms with Gasteiger partial charge in [0, 0.05) is 29.4 Å². The standard InChI is InChI=1S/C29H32F3N5O2S/c1-15(2)37-28-21(17-5-7-19(33)8-6-17)13-35-29(34)26(28)27(36-37)20-12-23(31)18(11-24(20)32)14-40(38,39)25-10-16(3)4-9-22(25)30/h4,9-13,15,17,19H,5-8,14,33H2,1-3H3,(H2,34,35). The molecule has 7 nitrogen and oxygen atoms in total. The van der Waals surface area contributed by atoms with Gasteiger partial charge in [-0.3, -0.25) is 4.68 Å². The van der Waals surface area contributed by atoms with Crippen molar-refractivity contribution in [1.82, 2.24) is 14.8 Å². The number of pyridine rings is 1. The Kier molecular flexibility index (Phi) is 7.39. The lowest BCUT2D eigenvalue weighted by atomic mass is 9.82. The van der Waals surface area contributed by atoms with Gasteiger partial charge in [0.15, 0.2) is 9.84 Å². The van der Waals surface area contributed by atoms with Crippen molar-refractivity contribution >= 4 is 26.6 Å². The molecule has 1 aliphatic rings. The number of anilines is 1. The van der Waals surface area contributed by atoms with Crippen LogP contribution in [0.15, 0.2) is 41.4 Å². The second-order valence-electron chi connectivity index (χ2n) is 10.9. The minimum absolute atomic E-state index is 0.121. The maximum Gasteiger partial charge on any atom is 0.185 e. The Morgan fingerprint density at radius 3 is 2.40 bits per heavy atom. The normalized spacial score (nSPS) is 18.1. The first-order chi connectivity index (χ1) is 18.9. The molecule has 0 bridgehead atoms. The van der Waals surface area contributed by atoms with Crippen molar-refractivity contribution < 1.29 is 21.6 Å². The van der Waals surface area contributed by atoms with E-state index in [0.717, 1.165) is 55.0 Å². The smallest absolute Gasteiger partial charge is 0.185 e. The Bertz CT molecular complexity index is 1710. The number of nitrogens with two attached hydrogens (primary N) is 2. The lowest BCUT2D eigenvalue weighted by Gasteiger charge is -2.27. The Morgan fingerprint density at radius 2 is 1.73 bits per heavy atom. The van der Waals surface area contributed by atoms with E-state index in [1.807, 2.05) is 13.8 Å². The van der Waals surface area contributed by atoms with Crippen molar-refractivity contribution in [3.8, 4) is 11.3 Å². The highest BCUT2D eigenvalue weighted by molar-refractivity contribution is 7.90. The maximum absolute atomic E-state index is 15.6. The van der Waals surface area contributed by atoms with Crippen LogP contribution in [0.5, 0.6) is 0 Å². The number of halogens is 3. The van der Waals surface area contributed by atoms with Gasteiger partial charge in [-0.1, -0.05) is 6.07 Å². The third-order valence-electron chi connectivity index (χ3n) is 7.64. The zero-order chi connectivity index (χ0) is 28.9. The average molecular weight is 572 g/mol. The lowest BCUT2D eigenvalue weighted by Crippen LogP contribution is -2.26. The number of aromatic nitrogens is 3. The molecule has 0 amide bonds. The van der Waals surface area contributed by atoms with Crippen LogP contribution < -0.4 is 11.5 Å². The van der Waals surface area contributed by atoms with Gasteiger partial charge in [-0.05, 0) is 87.8 Å². The first-order valence-electron chi connectivity index (χ1n) is 13.3. The van der Waals surface area contributed by atoms with Gasteiger partial charge in [0.05, 0.1) is 16.7 Å². The number of rotatable bonds is 6. The van der Waals surface area contributed by atoms with Crippen LogP contribution in [0.2, 0.25) is 0 Å². The number of aryl methyl sites for hydroxylation is 1. The number of hydrogen-bond acceptors (Lipinski definition) is 6. The van der Waals surface area contributed by atoms with Gasteiger partial charge in [0.1, 0.15) is 33.9 Å². The van der Waals surface area contributed by atoms with Crippen molar-refractivity contribution in [2.75, 3.05) is 5.73 Å². The van der Waals surface area contributed by atoms with Gasteiger partial charge in [0.25, 0.3) is 0 Å². The lowest BCUT2D eigenvalue weighted by molar-refractivity contribution is 0.395. The van der Waals surface area contributed by atoms with E-state index >= 15 is 8.78 Å². The molecule has 4 aromatic rings. The molecule has 0 radical (unpaired) electrons. The fourth-order valence-electron chi connectivity index (χ4n) is 5.52. The second-order valence-corrected chi connectivity index (χ2v) is 12.9. The first-order valence-corrected chi connectivity index (χ1v) is 14.9. The van der Waals surface area contributed by atoms with Crippen molar-refractivity contribution in [2.45, 2.75) is 75.1 Å². The number of hydrogen-bond donors (Lipinski definition) is 2. The van der Waals surface area contributed by atoms with Crippen LogP contribution in [-0.4, -0.2) is 29.2 Å². The molecule has 0 saturated heterocycles. The molecule has 1 fully saturated rings. The summed E-state index contributed by atoms with van der Waals surface area (Å²) in [5.41, 5.74) is 14.1. The van der Waals surface area contributed by atoms with Crippen LogP contribution in [0.4, 0.5) is 19.0 Å². The molecular weight excluding hydrogens is 539 g/mol. The van der Waals surface area contributed by atoms with Crippen LogP contribution in [0.1, 0.15) is 68.2 Å². The SMILES string of the molecule is Cc1ccc(F)c(S(=O)(=O)Cc2cc(F)c(-c3nn(C(C)C)c4c(C5CCC(N)CC5)cnc(N)c34)cc2F)c1. The third kappa shape index (κ3) is 5.08. The number of sulfone groups is 1. The Balaban J connectivity index is 1.61. The number of benzene rings is 2. The van der Waals surface area contributed by atoms with Crippen molar-refractivity contribution in [2.24, 2.45) is 5.73 Å². The predicted octanol–water partition coefficient (Wildman–Crippen LogP) is 5.95. The number of fused-ring (bicyclic) bond motifs is 1. The molecule has 11 heteroatoms. The fraction of sp³-hybridized carbons (Fsp3) is 0.379. The molecule has 2 aromatic heterocycles. The molecule has 2 aromatic carbocycles. The van der Waals surface area contributed by atoms with Crippen LogP contribution in [0.25, 0.3) is 22.2 Å². The molecule has 1 aliphatic carbocycles. The quantitative estimate of drug-likeness (QED) is 0.296. The molecule has 2 heterocycles. The van der Waals surface area contributed by atoms with Gasteiger partial charge in [0.2, 0.25) is 0 Å². The summed E-state index contributed by atoms with van der Waals surface area (Å²) in [6.07, 6.45) is 5.22. The topological polar surface area (TPSA) is 117 Å². The van der Waals surface area contributed by atoms with Crippen molar-refractivity contribution in [3.63, 3.8) is 0 Å². The molecule has 1 saturated carbocycles. The monoisotopic (exact) mass is 571 g/mol. The van der Waals surface area contributed by atoms with E-state index < -0.39 is 43.5 Å². The molecular formula is C29H32F3N5O2S. The van der Waals surface area contributed by atoms with E-state index in [9.17, 15) is 12.8 Å². The first kappa shape index (κ1) is 28.1. The minimum Gasteiger partial charge on any atom is -0.383 e. The van der Waals surface area contributed by atoms with E-state index in [1.54, 1.807) is 17.8 Å². The van der Waals surface area contributed by atoms with Gasteiger partial charge < -0.3 is 11.5 Å². The molecule has 0 aliphatic heterocycles. The van der Waals surface area contributed by atoms with Gasteiger partial charge in [-0.25, -0.2) is 26.6 Å². The highest BCUT2D eigenvalue weighted by atomic mass is 32.2. The van der Waals surface area contributed by atoms with E-state index in [-0.39, 0.29) is 35.1 Å². The Morgan fingerprint density at radius 1 is 1.02 bits per heavy atom. The van der Waals surface area contributed by atoms with Crippen LogP contribution in [0.3, 0.4) is 0 Å². The van der Waals surface area contributed by atoms with E-state index in [4.69, 9.17) is 11.5 Å².